The normalized spacial score (nSPS) is 11.1. The molecule has 3 rings (SSSR count). The molecule has 7 heteroatoms. The second-order valence-corrected chi connectivity index (χ2v) is 4.50. The Hall–Kier alpha value is -2.57. The lowest BCUT2D eigenvalue weighted by molar-refractivity contribution is 0.415. The molecule has 0 fully saturated rings. The van der Waals surface area contributed by atoms with Crippen molar-refractivity contribution in [1.82, 2.24) is 24.5 Å². The predicted octanol–water partition coefficient (Wildman–Crippen LogP) is 1.31. The van der Waals surface area contributed by atoms with Crippen LogP contribution in [-0.2, 0) is 13.1 Å². The molecule has 0 atom stereocenters. The average Bonchev–Trinajstić information content (AvgIpc) is 3.06. The number of methoxy groups -OCH3 is 1. The molecule has 0 amide bonds. The number of hydrogen-bond donors (Lipinski definition) is 1. The Morgan fingerprint density at radius 2 is 2.20 bits per heavy atom. The Morgan fingerprint density at radius 3 is 2.95 bits per heavy atom. The maximum absolute atomic E-state index is 5.98. The van der Waals surface area contributed by atoms with Crippen LogP contribution < -0.4 is 10.5 Å². The van der Waals surface area contributed by atoms with Crippen molar-refractivity contribution in [1.29, 1.82) is 0 Å². The minimum atomic E-state index is 0.520. The van der Waals surface area contributed by atoms with Crippen molar-refractivity contribution in [2.75, 3.05) is 12.8 Å². The molecule has 0 saturated heterocycles. The number of nitrogens with zero attached hydrogens (tertiary/aromatic N) is 5. The molecule has 2 heterocycles. The fraction of sp³-hybridized carbons (Fsp3) is 0.308. The summed E-state index contributed by atoms with van der Waals surface area (Å²) in [7, 11) is 1.64. The monoisotopic (exact) mass is 272 g/mol. The lowest BCUT2D eigenvalue weighted by atomic mass is 10.3. The minimum Gasteiger partial charge on any atom is -0.497 e. The largest absolute Gasteiger partial charge is 0.497 e. The number of ether oxygens (including phenoxy) is 1. The van der Waals surface area contributed by atoms with E-state index in [1.54, 1.807) is 18.0 Å². The Labute approximate surface area is 116 Å². The number of rotatable bonds is 5. The second kappa shape index (κ2) is 5.20. The van der Waals surface area contributed by atoms with Gasteiger partial charge in [-0.05, 0) is 18.6 Å². The molecule has 0 unspecified atom stereocenters. The molecule has 0 saturated carbocycles. The molecule has 2 N–H and O–H groups in total. The summed E-state index contributed by atoms with van der Waals surface area (Å²) in [6.07, 6.45) is 4.43. The van der Waals surface area contributed by atoms with Gasteiger partial charge in [0.25, 0.3) is 0 Å². The van der Waals surface area contributed by atoms with E-state index in [4.69, 9.17) is 10.5 Å². The highest BCUT2D eigenvalue weighted by Crippen LogP contribution is 2.23. The Bertz CT molecular complexity index is 703. The van der Waals surface area contributed by atoms with Crippen LogP contribution in [0.25, 0.3) is 11.0 Å². The number of nitrogen functional groups attached to an aromatic ring is 1. The van der Waals surface area contributed by atoms with Crippen LogP contribution >= 0.6 is 0 Å². The van der Waals surface area contributed by atoms with Gasteiger partial charge in [0.15, 0.2) is 0 Å². The summed E-state index contributed by atoms with van der Waals surface area (Å²) in [4.78, 5) is 4.36. The van der Waals surface area contributed by atoms with Crippen molar-refractivity contribution in [3.05, 3.63) is 30.6 Å². The van der Waals surface area contributed by atoms with Crippen LogP contribution in [0.3, 0.4) is 0 Å². The number of anilines is 1. The van der Waals surface area contributed by atoms with Gasteiger partial charge in [0.05, 0.1) is 24.3 Å². The quantitative estimate of drug-likeness (QED) is 0.757. The fourth-order valence-corrected chi connectivity index (χ4v) is 2.23. The van der Waals surface area contributed by atoms with Crippen LogP contribution in [0.15, 0.2) is 30.6 Å². The summed E-state index contributed by atoms with van der Waals surface area (Å²) in [5, 5.41) is 7.72. The molecule has 0 bridgehead atoms. The molecule has 0 spiro atoms. The molecule has 1 aromatic carbocycles. The van der Waals surface area contributed by atoms with E-state index in [2.05, 4.69) is 15.3 Å². The summed E-state index contributed by atoms with van der Waals surface area (Å²) in [6, 6.07) is 5.78. The van der Waals surface area contributed by atoms with Crippen LogP contribution in [0.2, 0.25) is 0 Å². The van der Waals surface area contributed by atoms with Crippen molar-refractivity contribution in [3.63, 3.8) is 0 Å². The van der Waals surface area contributed by atoms with Gasteiger partial charge in [0.1, 0.15) is 5.75 Å². The minimum absolute atomic E-state index is 0.520. The molecule has 0 aliphatic carbocycles. The molecule has 7 nitrogen and oxygen atoms in total. The lowest BCUT2D eigenvalue weighted by Gasteiger charge is -2.06. The topological polar surface area (TPSA) is 83.8 Å². The average molecular weight is 272 g/mol. The summed E-state index contributed by atoms with van der Waals surface area (Å²) in [5.74, 6) is 1.30. The van der Waals surface area contributed by atoms with Crippen molar-refractivity contribution in [3.8, 4) is 5.75 Å². The van der Waals surface area contributed by atoms with Crippen molar-refractivity contribution in [2.24, 2.45) is 0 Å². The first-order valence-electron chi connectivity index (χ1n) is 6.42. The summed E-state index contributed by atoms with van der Waals surface area (Å²) in [6.45, 7) is 1.59. The standard InChI is InChI=1S/C13H16N6O/c1-20-10-3-4-12-11(9-10)16-13(14)19(12)7-2-6-18-8-5-15-17-18/h3-5,8-9H,2,6-7H2,1H3,(H2,14,16). The van der Waals surface area contributed by atoms with Crippen LogP contribution in [0, 0.1) is 0 Å². The Kier molecular flexibility index (Phi) is 3.24. The highest BCUT2D eigenvalue weighted by molar-refractivity contribution is 5.79. The van der Waals surface area contributed by atoms with Gasteiger partial charge in [-0.15, -0.1) is 5.10 Å². The van der Waals surface area contributed by atoms with Gasteiger partial charge < -0.3 is 15.0 Å². The van der Waals surface area contributed by atoms with Crippen molar-refractivity contribution in [2.45, 2.75) is 19.5 Å². The fourth-order valence-electron chi connectivity index (χ4n) is 2.23. The number of benzene rings is 1. The zero-order valence-corrected chi connectivity index (χ0v) is 11.2. The Morgan fingerprint density at radius 1 is 1.30 bits per heavy atom. The first-order valence-corrected chi connectivity index (χ1v) is 6.42. The number of nitrogens with two attached hydrogens (primary N) is 1. The van der Waals surface area contributed by atoms with Gasteiger partial charge in [-0.2, -0.15) is 0 Å². The number of aromatic nitrogens is 5. The first kappa shape index (κ1) is 12.5. The van der Waals surface area contributed by atoms with Crippen LogP contribution in [0.5, 0.6) is 5.75 Å². The van der Waals surface area contributed by atoms with Crippen LogP contribution in [0.4, 0.5) is 5.95 Å². The highest BCUT2D eigenvalue weighted by atomic mass is 16.5. The van der Waals surface area contributed by atoms with E-state index in [0.717, 1.165) is 36.3 Å². The summed E-state index contributed by atoms with van der Waals surface area (Å²) in [5.41, 5.74) is 7.85. The molecular weight excluding hydrogens is 256 g/mol. The first-order chi connectivity index (χ1) is 9.78. The molecule has 3 aromatic rings. The maximum Gasteiger partial charge on any atom is 0.201 e. The number of fused-ring (bicyclic) bond motifs is 1. The molecule has 0 aliphatic heterocycles. The zero-order chi connectivity index (χ0) is 13.9. The van der Waals surface area contributed by atoms with Gasteiger partial charge in [-0.3, -0.25) is 4.68 Å². The van der Waals surface area contributed by atoms with Gasteiger partial charge in [-0.1, -0.05) is 5.21 Å². The molecule has 20 heavy (non-hydrogen) atoms. The molecule has 0 radical (unpaired) electrons. The Balaban J connectivity index is 1.78. The van der Waals surface area contributed by atoms with E-state index in [1.807, 2.05) is 29.0 Å². The lowest BCUT2D eigenvalue weighted by Crippen LogP contribution is -2.07. The van der Waals surface area contributed by atoms with E-state index < -0.39 is 0 Å². The van der Waals surface area contributed by atoms with Gasteiger partial charge >= 0.3 is 0 Å². The van der Waals surface area contributed by atoms with E-state index in [0.29, 0.717) is 5.95 Å². The molecular formula is C13H16N6O. The third kappa shape index (κ3) is 2.29. The van der Waals surface area contributed by atoms with Gasteiger partial charge in [-0.25, -0.2) is 4.98 Å². The molecule has 0 aliphatic rings. The SMILES string of the molecule is COc1ccc2c(c1)nc(N)n2CCCn1ccnn1. The van der Waals surface area contributed by atoms with E-state index in [1.165, 1.54) is 0 Å². The zero-order valence-electron chi connectivity index (χ0n) is 11.2. The molecule has 104 valence electrons. The maximum atomic E-state index is 5.98. The summed E-state index contributed by atoms with van der Waals surface area (Å²) >= 11 is 0. The van der Waals surface area contributed by atoms with Gasteiger partial charge in [0.2, 0.25) is 5.95 Å². The second-order valence-electron chi connectivity index (χ2n) is 4.50. The summed E-state index contributed by atoms with van der Waals surface area (Å²) < 4.78 is 9.00. The van der Waals surface area contributed by atoms with E-state index in [-0.39, 0.29) is 0 Å². The third-order valence-electron chi connectivity index (χ3n) is 3.23. The van der Waals surface area contributed by atoms with Crippen LogP contribution in [-0.4, -0.2) is 31.7 Å². The number of aryl methyl sites for hydroxylation is 2. The van der Waals surface area contributed by atoms with Gasteiger partial charge in [0, 0.05) is 25.4 Å². The highest BCUT2D eigenvalue weighted by Gasteiger charge is 2.08. The number of hydrogen-bond acceptors (Lipinski definition) is 5. The number of imidazole rings is 1. The van der Waals surface area contributed by atoms with E-state index in [9.17, 15) is 0 Å². The third-order valence-corrected chi connectivity index (χ3v) is 3.23. The predicted molar refractivity (Wildman–Crippen MR) is 75.3 cm³/mol. The smallest absolute Gasteiger partial charge is 0.201 e. The molecule has 2 aromatic heterocycles. The van der Waals surface area contributed by atoms with E-state index >= 15 is 0 Å². The van der Waals surface area contributed by atoms with Crippen LogP contribution in [0.1, 0.15) is 6.42 Å². The van der Waals surface area contributed by atoms with Crippen molar-refractivity contribution < 1.29 is 4.74 Å². The van der Waals surface area contributed by atoms with Crippen molar-refractivity contribution >= 4 is 17.0 Å².